The van der Waals surface area contributed by atoms with Gasteiger partial charge in [0.15, 0.2) is 0 Å². The zero-order valence-electron chi connectivity index (χ0n) is 8.78. The van der Waals surface area contributed by atoms with Gasteiger partial charge in [0.1, 0.15) is 0 Å². The van der Waals surface area contributed by atoms with Crippen molar-refractivity contribution in [2.45, 2.75) is 6.42 Å². The topological polar surface area (TPSA) is 31.9 Å². The smallest absolute Gasteiger partial charge is 0.204 e. The van der Waals surface area contributed by atoms with Crippen LogP contribution in [0, 0.1) is 0 Å². The Kier molecular flexibility index (Phi) is 2.33. The van der Waals surface area contributed by atoms with E-state index in [9.17, 15) is 0 Å². The van der Waals surface area contributed by atoms with Gasteiger partial charge in [-0.25, -0.2) is 4.98 Å². The van der Waals surface area contributed by atoms with E-state index in [2.05, 4.69) is 14.9 Å². The molecule has 0 unspecified atom stereocenters. The Morgan fingerprint density at radius 2 is 2.25 bits per heavy atom. The second-order valence-corrected chi connectivity index (χ2v) is 4.23. The van der Waals surface area contributed by atoms with Crippen molar-refractivity contribution in [2.75, 3.05) is 18.0 Å². The average Bonchev–Trinajstić information content (AvgIpc) is 2.95. The predicted molar refractivity (Wildman–Crippen MR) is 66.9 cm³/mol. The fourth-order valence-corrected chi connectivity index (χ4v) is 2.22. The van der Waals surface area contributed by atoms with Crippen molar-refractivity contribution < 1.29 is 0 Å². The maximum Gasteiger partial charge on any atom is 0.204 e. The summed E-state index contributed by atoms with van der Waals surface area (Å²) in [6.07, 6.45) is 1.03. The molecule has 1 aliphatic rings. The lowest BCUT2D eigenvalue weighted by Crippen LogP contribution is -2.19. The molecule has 1 fully saturated rings. The number of aromatic nitrogens is 2. The highest BCUT2D eigenvalue weighted by molar-refractivity contribution is 6.25. The first kappa shape index (κ1) is 9.73. The fraction of sp³-hybridized carbons (Fsp3) is 0.250. The summed E-state index contributed by atoms with van der Waals surface area (Å²) in [4.78, 5) is 10.1. The number of benzene rings is 1. The van der Waals surface area contributed by atoms with E-state index in [0.29, 0.717) is 0 Å². The van der Waals surface area contributed by atoms with Crippen LogP contribution in [0.5, 0.6) is 0 Å². The quantitative estimate of drug-likeness (QED) is 0.822. The van der Waals surface area contributed by atoms with Gasteiger partial charge in [0.05, 0.1) is 11.0 Å². The molecule has 0 radical (unpaired) electrons. The predicted octanol–water partition coefficient (Wildman–Crippen LogP) is 2.90. The van der Waals surface area contributed by atoms with Gasteiger partial charge in [-0.1, -0.05) is 23.7 Å². The third kappa shape index (κ3) is 1.57. The van der Waals surface area contributed by atoms with Crippen molar-refractivity contribution in [3.05, 3.63) is 35.4 Å². The average molecular weight is 234 g/mol. The highest BCUT2D eigenvalue weighted by atomic mass is 35.5. The number of rotatable bonds is 1. The van der Waals surface area contributed by atoms with Gasteiger partial charge >= 0.3 is 0 Å². The van der Waals surface area contributed by atoms with Gasteiger partial charge in [0.2, 0.25) is 5.95 Å². The molecule has 1 saturated heterocycles. The van der Waals surface area contributed by atoms with Crippen molar-refractivity contribution in [3.8, 4) is 0 Å². The summed E-state index contributed by atoms with van der Waals surface area (Å²) in [5.74, 6) is 0.940. The zero-order chi connectivity index (χ0) is 11.0. The number of imidazole rings is 1. The van der Waals surface area contributed by atoms with Gasteiger partial charge in [-0.3, -0.25) is 0 Å². The maximum absolute atomic E-state index is 5.72. The molecule has 0 aliphatic carbocycles. The molecule has 16 heavy (non-hydrogen) atoms. The number of fused-ring (bicyclic) bond motifs is 1. The van der Waals surface area contributed by atoms with Gasteiger partial charge in [-0.05, 0) is 24.1 Å². The molecule has 1 aliphatic heterocycles. The van der Waals surface area contributed by atoms with Crippen LogP contribution >= 0.6 is 11.6 Å². The normalized spacial score (nSPS) is 18.8. The van der Waals surface area contributed by atoms with Crippen LogP contribution in [-0.2, 0) is 0 Å². The Bertz CT molecular complexity index is 511. The maximum atomic E-state index is 5.72. The van der Waals surface area contributed by atoms with Crippen molar-refractivity contribution in [1.82, 2.24) is 9.97 Å². The highest BCUT2D eigenvalue weighted by Gasteiger charge is 2.19. The zero-order valence-corrected chi connectivity index (χ0v) is 9.54. The summed E-state index contributed by atoms with van der Waals surface area (Å²) in [6.45, 7) is 1.86. The Morgan fingerprint density at radius 1 is 1.38 bits per heavy atom. The lowest BCUT2D eigenvalue weighted by Gasteiger charge is -2.12. The lowest BCUT2D eigenvalue weighted by molar-refractivity contribution is 0.924. The Labute approximate surface area is 98.7 Å². The van der Waals surface area contributed by atoms with Gasteiger partial charge in [0, 0.05) is 18.6 Å². The molecular weight excluding hydrogens is 222 g/mol. The number of nitrogens with one attached hydrogen (secondary N) is 1. The monoisotopic (exact) mass is 233 g/mol. The number of nitrogens with zero attached hydrogens (tertiary/aromatic N) is 2. The summed E-state index contributed by atoms with van der Waals surface area (Å²) < 4.78 is 0. The van der Waals surface area contributed by atoms with Gasteiger partial charge < -0.3 is 9.88 Å². The van der Waals surface area contributed by atoms with Crippen molar-refractivity contribution >= 4 is 28.6 Å². The van der Waals surface area contributed by atoms with Crippen LogP contribution in [0.4, 0.5) is 5.95 Å². The molecule has 2 aromatic rings. The lowest BCUT2D eigenvalue weighted by atomic mass is 10.3. The van der Waals surface area contributed by atoms with Gasteiger partial charge in [-0.2, -0.15) is 0 Å². The Morgan fingerprint density at radius 3 is 3.00 bits per heavy atom. The standard InChI is InChI=1S/C12H12ClN3/c13-7-9-5-6-16(8-9)12-14-10-3-1-2-4-11(10)15-12/h1-4,7H,5-6,8H2,(H,14,15)/b9-7+. The summed E-state index contributed by atoms with van der Waals surface area (Å²) in [5.41, 5.74) is 5.05. The Hall–Kier alpha value is -1.48. The van der Waals surface area contributed by atoms with Crippen LogP contribution < -0.4 is 4.90 Å². The number of anilines is 1. The number of hydrogen-bond donors (Lipinski definition) is 1. The van der Waals surface area contributed by atoms with Crippen LogP contribution in [0.25, 0.3) is 11.0 Å². The molecule has 3 rings (SSSR count). The molecule has 1 N–H and O–H groups in total. The highest BCUT2D eigenvalue weighted by Crippen LogP contribution is 2.23. The first-order valence-electron chi connectivity index (χ1n) is 5.34. The van der Waals surface area contributed by atoms with Gasteiger partial charge in [-0.15, -0.1) is 0 Å². The third-order valence-corrected chi connectivity index (χ3v) is 3.24. The molecule has 0 amide bonds. The van der Waals surface area contributed by atoms with Crippen molar-refractivity contribution in [2.24, 2.45) is 0 Å². The summed E-state index contributed by atoms with van der Waals surface area (Å²) >= 11 is 5.72. The van der Waals surface area contributed by atoms with E-state index in [1.54, 1.807) is 5.54 Å². The number of para-hydroxylation sites is 2. The number of aromatic amines is 1. The SMILES string of the molecule is Cl/C=C1\CCN(c2nc3ccccc3[nH]2)C1. The molecule has 4 heteroatoms. The molecule has 0 saturated carbocycles. The first-order chi connectivity index (χ1) is 7.86. The second-order valence-electron chi connectivity index (χ2n) is 4.02. The van der Waals surface area contributed by atoms with Crippen LogP contribution in [-0.4, -0.2) is 23.1 Å². The van der Waals surface area contributed by atoms with Crippen molar-refractivity contribution in [1.29, 1.82) is 0 Å². The van der Waals surface area contributed by atoms with E-state index in [1.807, 2.05) is 24.3 Å². The molecule has 0 atom stereocenters. The van der Waals surface area contributed by atoms with Crippen LogP contribution in [0.3, 0.4) is 0 Å². The summed E-state index contributed by atoms with van der Waals surface area (Å²) in [5, 5.41) is 0. The van der Waals surface area contributed by atoms with E-state index in [4.69, 9.17) is 11.6 Å². The molecular formula is C12H12ClN3. The Balaban J connectivity index is 1.95. The van der Waals surface area contributed by atoms with E-state index in [0.717, 1.165) is 36.5 Å². The minimum absolute atomic E-state index is 0.878. The number of H-pyrrole nitrogens is 1. The molecule has 1 aromatic carbocycles. The van der Waals surface area contributed by atoms with E-state index >= 15 is 0 Å². The van der Waals surface area contributed by atoms with Crippen molar-refractivity contribution in [3.63, 3.8) is 0 Å². The van der Waals surface area contributed by atoms with Crippen LogP contribution in [0.1, 0.15) is 6.42 Å². The minimum Gasteiger partial charge on any atom is -0.338 e. The fourth-order valence-electron chi connectivity index (χ4n) is 2.04. The minimum atomic E-state index is 0.878. The summed E-state index contributed by atoms with van der Waals surface area (Å²) in [7, 11) is 0. The number of hydrogen-bond acceptors (Lipinski definition) is 2. The molecule has 2 heterocycles. The van der Waals surface area contributed by atoms with E-state index in [1.165, 1.54) is 5.57 Å². The molecule has 0 bridgehead atoms. The van der Waals surface area contributed by atoms with Gasteiger partial charge in [0.25, 0.3) is 0 Å². The molecule has 3 nitrogen and oxygen atoms in total. The van der Waals surface area contributed by atoms with E-state index < -0.39 is 0 Å². The third-order valence-electron chi connectivity index (χ3n) is 2.93. The summed E-state index contributed by atoms with van der Waals surface area (Å²) in [6, 6.07) is 8.07. The van der Waals surface area contributed by atoms with Crippen LogP contribution in [0.2, 0.25) is 0 Å². The first-order valence-corrected chi connectivity index (χ1v) is 5.78. The molecule has 0 spiro atoms. The second kappa shape index (κ2) is 3.83. The van der Waals surface area contributed by atoms with Crippen LogP contribution in [0.15, 0.2) is 35.4 Å². The molecule has 82 valence electrons. The number of halogens is 1. The largest absolute Gasteiger partial charge is 0.338 e. The molecule has 1 aromatic heterocycles. The van der Waals surface area contributed by atoms with E-state index in [-0.39, 0.29) is 0 Å².